The van der Waals surface area contributed by atoms with Gasteiger partial charge in [0.25, 0.3) is 0 Å². The van der Waals surface area contributed by atoms with Crippen LogP contribution in [-0.2, 0) is 13.0 Å². The van der Waals surface area contributed by atoms with E-state index in [1.165, 1.54) is 29.3 Å². The average molecular weight is 321 g/mol. The minimum absolute atomic E-state index is 0.180. The van der Waals surface area contributed by atoms with E-state index < -0.39 is 12.1 Å². The molecule has 0 saturated heterocycles. The molecule has 0 saturated carbocycles. The van der Waals surface area contributed by atoms with Crippen LogP contribution in [0.3, 0.4) is 0 Å². The number of benzene rings is 2. The second kappa shape index (κ2) is 8.12. The summed E-state index contributed by atoms with van der Waals surface area (Å²) in [5, 5.41) is 11.6. The van der Waals surface area contributed by atoms with Gasteiger partial charge in [-0.05, 0) is 41.8 Å². The first kappa shape index (κ1) is 17.5. The highest BCUT2D eigenvalue weighted by molar-refractivity contribution is 5.18. The topological polar surface area (TPSA) is 75.5 Å². The second-order valence-electron chi connectivity index (χ2n) is 5.62. The van der Waals surface area contributed by atoms with Gasteiger partial charge in [-0.3, -0.25) is 5.84 Å². The first-order valence-corrected chi connectivity index (χ1v) is 7.36. The molecule has 124 valence electrons. The monoisotopic (exact) mass is 321 g/mol. The number of halogens is 2. The van der Waals surface area contributed by atoms with E-state index in [-0.39, 0.29) is 18.2 Å². The van der Waals surface area contributed by atoms with Crippen LogP contribution in [0.15, 0.2) is 48.5 Å². The zero-order chi connectivity index (χ0) is 16.8. The summed E-state index contributed by atoms with van der Waals surface area (Å²) in [5.41, 5.74) is 7.66. The van der Waals surface area contributed by atoms with Crippen LogP contribution in [0.5, 0.6) is 0 Å². The number of aliphatic hydroxyl groups is 1. The lowest BCUT2D eigenvalue weighted by Gasteiger charge is -2.24. The van der Waals surface area contributed by atoms with Crippen molar-refractivity contribution in [3.63, 3.8) is 0 Å². The van der Waals surface area contributed by atoms with Crippen molar-refractivity contribution in [1.29, 1.82) is 0 Å². The number of aliphatic hydroxyl groups excluding tert-OH is 1. The van der Waals surface area contributed by atoms with Gasteiger partial charge < -0.3 is 10.8 Å². The molecular weight excluding hydrogens is 300 g/mol. The standard InChI is InChI=1S/C17H21F2N3O/c18-14-5-1-12(2-6-14)9-16(20)17(23)11-22(21)10-13-3-7-15(19)8-4-13/h1-8,16-17,23H,9-11,20-21H2/t16-,17-/m0/s1. The molecule has 0 aromatic heterocycles. The van der Waals surface area contributed by atoms with Crippen molar-refractivity contribution in [2.75, 3.05) is 6.54 Å². The second-order valence-corrected chi connectivity index (χ2v) is 5.62. The molecule has 23 heavy (non-hydrogen) atoms. The van der Waals surface area contributed by atoms with Gasteiger partial charge in [0.15, 0.2) is 0 Å². The molecule has 0 unspecified atom stereocenters. The van der Waals surface area contributed by atoms with E-state index in [0.29, 0.717) is 13.0 Å². The SMILES string of the molecule is N[C@@H](Cc1ccc(F)cc1)[C@@H](O)CN(N)Cc1ccc(F)cc1. The third-order valence-corrected chi connectivity index (χ3v) is 3.60. The van der Waals surface area contributed by atoms with Gasteiger partial charge in [-0.1, -0.05) is 24.3 Å². The third-order valence-electron chi connectivity index (χ3n) is 3.60. The fourth-order valence-corrected chi connectivity index (χ4v) is 2.29. The molecular formula is C17H21F2N3O. The Morgan fingerprint density at radius 2 is 1.39 bits per heavy atom. The van der Waals surface area contributed by atoms with E-state index in [0.717, 1.165) is 11.1 Å². The average Bonchev–Trinajstić information content (AvgIpc) is 2.51. The molecule has 2 aromatic rings. The molecule has 0 aliphatic heterocycles. The summed E-state index contributed by atoms with van der Waals surface area (Å²) in [4.78, 5) is 0. The van der Waals surface area contributed by atoms with Gasteiger partial charge in [0.05, 0.1) is 6.10 Å². The van der Waals surface area contributed by atoms with Gasteiger partial charge in [0.2, 0.25) is 0 Å². The minimum atomic E-state index is -0.828. The molecule has 6 heteroatoms. The van der Waals surface area contributed by atoms with Crippen molar-refractivity contribution in [3.05, 3.63) is 71.3 Å². The van der Waals surface area contributed by atoms with Crippen molar-refractivity contribution in [2.45, 2.75) is 25.1 Å². The Hall–Kier alpha value is -1.86. The predicted octanol–water partition coefficient (Wildman–Crippen LogP) is 1.57. The highest BCUT2D eigenvalue weighted by Gasteiger charge is 2.18. The molecule has 0 aliphatic rings. The lowest BCUT2D eigenvalue weighted by Crippen LogP contribution is -2.46. The van der Waals surface area contributed by atoms with Crippen LogP contribution in [-0.4, -0.2) is 28.8 Å². The van der Waals surface area contributed by atoms with Gasteiger partial charge in [-0.15, -0.1) is 0 Å². The molecule has 2 atom stereocenters. The molecule has 0 radical (unpaired) electrons. The molecule has 2 aromatic carbocycles. The van der Waals surface area contributed by atoms with Gasteiger partial charge in [0.1, 0.15) is 11.6 Å². The summed E-state index contributed by atoms with van der Waals surface area (Å²) in [6, 6.07) is 11.5. The summed E-state index contributed by atoms with van der Waals surface area (Å²) < 4.78 is 25.7. The fourth-order valence-electron chi connectivity index (χ4n) is 2.29. The predicted molar refractivity (Wildman–Crippen MR) is 85.1 cm³/mol. The quantitative estimate of drug-likeness (QED) is 0.534. The number of nitrogens with zero attached hydrogens (tertiary/aromatic N) is 1. The summed E-state index contributed by atoms with van der Waals surface area (Å²) in [6.45, 7) is 0.556. The smallest absolute Gasteiger partial charge is 0.123 e. The molecule has 5 N–H and O–H groups in total. The largest absolute Gasteiger partial charge is 0.390 e. The van der Waals surface area contributed by atoms with Crippen LogP contribution in [0.4, 0.5) is 8.78 Å². The fraction of sp³-hybridized carbons (Fsp3) is 0.294. The van der Waals surface area contributed by atoms with Crippen molar-refractivity contribution >= 4 is 0 Å². The summed E-state index contributed by atoms with van der Waals surface area (Å²) in [5.74, 6) is 5.25. The van der Waals surface area contributed by atoms with E-state index >= 15 is 0 Å². The Bertz CT molecular complexity index is 604. The maximum Gasteiger partial charge on any atom is 0.123 e. The van der Waals surface area contributed by atoms with Crippen LogP contribution in [0.2, 0.25) is 0 Å². The maximum atomic E-state index is 12.9. The van der Waals surface area contributed by atoms with E-state index in [1.807, 2.05) is 0 Å². The number of hydrogen-bond acceptors (Lipinski definition) is 4. The van der Waals surface area contributed by atoms with Crippen molar-refractivity contribution in [1.82, 2.24) is 5.01 Å². The first-order chi connectivity index (χ1) is 10.9. The van der Waals surface area contributed by atoms with Crippen molar-refractivity contribution in [2.24, 2.45) is 11.6 Å². The van der Waals surface area contributed by atoms with E-state index in [2.05, 4.69) is 0 Å². The lowest BCUT2D eigenvalue weighted by molar-refractivity contribution is 0.0877. The van der Waals surface area contributed by atoms with E-state index in [4.69, 9.17) is 11.6 Å². The third kappa shape index (κ3) is 5.69. The lowest BCUT2D eigenvalue weighted by atomic mass is 10.0. The normalized spacial score (nSPS) is 14.0. The van der Waals surface area contributed by atoms with E-state index in [9.17, 15) is 13.9 Å². The Kier molecular flexibility index (Phi) is 6.18. The summed E-state index contributed by atoms with van der Waals surface area (Å²) in [7, 11) is 0. The zero-order valence-corrected chi connectivity index (χ0v) is 12.7. The molecule has 0 heterocycles. The molecule has 0 bridgehead atoms. The first-order valence-electron chi connectivity index (χ1n) is 7.36. The molecule has 0 fully saturated rings. The summed E-state index contributed by atoms with van der Waals surface area (Å²) >= 11 is 0. The highest BCUT2D eigenvalue weighted by atomic mass is 19.1. The van der Waals surface area contributed by atoms with Gasteiger partial charge >= 0.3 is 0 Å². The van der Waals surface area contributed by atoms with Crippen LogP contribution in [0, 0.1) is 11.6 Å². The van der Waals surface area contributed by atoms with Crippen molar-refractivity contribution < 1.29 is 13.9 Å². The van der Waals surface area contributed by atoms with Gasteiger partial charge in [-0.25, -0.2) is 13.8 Å². The van der Waals surface area contributed by atoms with Crippen LogP contribution >= 0.6 is 0 Å². The van der Waals surface area contributed by atoms with Crippen LogP contribution < -0.4 is 11.6 Å². The van der Waals surface area contributed by atoms with E-state index in [1.54, 1.807) is 24.3 Å². The Morgan fingerprint density at radius 3 is 1.91 bits per heavy atom. The number of rotatable bonds is 7. The van der Waals surface area contributed by atoms with Gasteiger partial charge in [0, 0.05) is 19.1 Å². The highest BCUT2D eigenvalue weighted by Crippen LogP contribution is 2.09. The van der Waals surface area contributed by atoms with Crippen LogP contribution in [0.1, 0.15) is 11.1 Å². The Labute approximate surface area is 134 Å². The number of hydrogen-bond donors (Lipinski definition) is 3. The molecule has 0 aliphatic carbocycles. The zero-order valence-electron chi connectivity index (χ0n) is 12.7. The minimum Gasteiger partial charge on any atom is -0.390 e. The molecule has 2 rings (SSSR count). The maximum absolute atomic E-state index is 12.9. The number of nitrogens with two attached hydrogens (primary N) is 2. The Morgan fingerprint density at radius 1 is 0.913 bits per heavy atom. The van der Waals surface area contributed by atoms with Gasteiger partial charge in [-0.2, -0.15) is 0 Å². The molecule has 4 nitrogen and oxygen atoms in total. The van der Waals surface area contributed by atoms with Crippen LogP contribution in [0.25, 0.3) is 0 Å². The molecule has 0 amide bonds. The molecule has 0 spiro atoms. The number of hydrazine groups is 1. The Balaban J connectivity index is 1.83. The summed E-state index contributed by atoms with van der Waals surface area (Å²) in [6.07, 6.45) is -0.406. The van der Waals surface area contributed by atoms with Crippen molar-refractivity contribution in [3.8, 4) is 0 Å².